The molecule has 0 unspecified atom stereocenters. The Bertz CT molecular complexity index is 626. The van der Waals surface area contributed by atoms with E-state index in [-0.39, 0.29) is 5.56 Å². The molecule has 0 saturated carbocycles. The van der Waals surface area contributed by atoms with E-state index in [2.05, 4.69) is 0 Å². The van der Waals surface area contributed by atoms with Crippen molar-refractivity contribution >= 4 is 0 Å². The quantitative estimate of drug-likeness (QED) is 0.589. The van der Waals surface area contributed by atoms with E-state index in [0.717, 1.165) is 6.07 Å². The summed E-state index contributed by atoms with van der Waals surface area (Å²) in [6.07, 6.45) is 0. The fourth-order valence-electron chi connectivity index (χ4n) is 1.55. The summed E-state index contributed by atoms with van der Waals surface area (Å²) in [6, 6.07) is 4.31. The van der Waals surface area contributed by atoms with Crippen molar-refractivity contribution in [3.05, 3.63) is 35.9 Å². The van der Waals surface area contributed by atoms with Gasteiger partial charge in [-0.3, -0.25) is 0 Å². The summed E-state index contributed by atoms with van der Waals surface area (Å²) < 4.78 is 26.9. The molecule has 2 rings (SSSR count). The van der Waals surface area contributed by atoms with Crippen molar-refractivity contribution in [1.82, 2.24) is 0 Å². The van der Waals surface area contributed by atoms with Crippen LogP contribution in [-0.4, -0.2) is 20.4 Å². The zero-order valence-electron chi connectivity index (χ0n) is 8.85. The summed E-state index contributed by atoms with van der Waals surface area (Å²) in [5, 5.41) is 37.0. The molecule has 0 aliphatic carbocycles. The Morgan fingerprint density at radius 1 is 0.778 bits per heavy atom. The maximum absolute atomic E-state index is 13.7. The molecule has 0 atom stereocenters. The molecule has 0 heterocycles. The molecule has 94 valence electrons. The maximum atomic E-state index is 13.7. The molecule has 2 aromatic carbocycles. The predicted octanol–water partition coefficient (Wildman–Crippen LogP) is 2.45. The molecule has 0 aliphatic rings. The van der Waals surface area contributed by atoms with Gasteiger partial charge in [-0.05, 0) is 12.1 Å². The van der Waals surface area contributed by atoms with Gasteiger partial charge in [-0.1, -0.05) is 12.1 Å². The Kier molecular flexibility index (Phi) is 2.70. The Morgan fingerprint density at radius 3 is 2.11 bits per heavy atom. The van der Waals surface area contributed by atoms with Crippen molar-refractivity contribution in [1.29, 1.82) is 0 Å². The minimum absolute atomic E-state index is 0.207. The van der Waals surface area contributed by atoms with Crippen LogP contribution in [0, 0.1) is 11.6 Å². The molecule has 0 fully saturated rings. The van der Waals surface area contributed by atoms with Gasteiger partial charge in [-0.15, -0.1) is 0 Å². The molecule has 18 heavy (non-hydrogen) atoms. The van der Waals surface area contributed by atoms with Crippen LogP contribution < -0.4 is 0 Å². The molecule has 0 saturated heterocycles. The van der Waals surface area contributed by atoms with Crippen molar-refractivity contribution in [2.45, 2.75) is 0 Å². The molecular weight excluding hydrogens is 246 g/mol. The number of hydrogen-bond donors (Lipinski definition) is 4. The summed E-state index contributed by atoms with van der Waals surface area (Å²) in [4.78, 5) is 0. The van der Waals surface area contributed by atoms with Gasteiger partial charge in [0.05, 0.1) is 0 Å². The van der Waals surface area contributed by atoms with Crippen molar-refractivity contribution in [3.63, 3.8) is 0 Å². The highest BCUT2D eigenvalue weighted by atomic mass is 19.1. The summed E-state index contributed by atoms with van der Waals surface area (Å²) in [5.41, 5.74) is -0.682. The summed E-state index contributed by atoms with van der Waals surface area (Å²) in [7, 11) is 0. The number of rotatable bonds is 1. The first kappa shape index (κ1) is 12.0. The number of phenols is 4. The van der Waals surface area contributed by atoms with Crippen LogP contribution in [0.15, 0.2) is 24.3 Å². The summed E-state index contributed by atoms with van der Waals surface area (Å²) in [6.45, 7) is 0. The molecule has 0 spiro atoms. The fourth-order valence-corrected chi connectivity index (χ4v) is 1.55. The number of phenolic OH excluding ortho intramolecular Hbond substituents is 4. The first-order chi connectivity index (χ1) is 8.43. The standard InChI is InChI=1S/C12H8F2O4/c13-7-4-6(9(14)12(18)11(7)17)5-2-1-3-8(15)10(5)16/h1-4,15-18H. The molecule has 2 aromatic rings. The number of aromatic hydroxyl groups is 4. The van der Waals surface area contributed by atoms with Crippen molar-refractivity contribution in [2.24, 2.45) is 0 Å². The monoisotopic (exact) mass is 254 g/mol. The molecule has 0 radical (unpaired) electrons. The van der Waals surface area contributed by atoms with Crippen LogP contribution in [0.2, 0.25) is 0 Å². The predicted molar refractivity (Wildman–Crippen MR) is 58.5 cm³/mol. The summed E-state index contributed by atoms with van der Waals surface area (Å²) >= 11 is 0. The van der Waals surface area contributed by atoms with E-state index in [4.69, 9.17) is 5.11 Å². The molecule has 4 nitrogen and oxygen atoms in total. The van der Waals surface area contributed by atoms with Crippen LogP contribution in [-0.2, 0) is 0 Å². The van der Waals surface area contributed by atoms with Gasteiger partial charge in [0.25, 0.3) is 0 Å². The lowest BCUT2D eigenvalue weighted by Crippen LogP contribution is -1.90. The van der Waals surface area contributed by atoms with Gasteiger partial charge in [0, 0.05) is 11.1 Å². The number of hydrogen-bond acceptors (Lipinski definition) is 4. The van der Waals surface area contributed by atoms with Crippen LogP contribution in [0.3, 0.4) is 0 Å². The Morgan fingerprint density at radius 2 is 1.44 bits per heavy atom. The largest absolute Gasteiger partial charge is 0.504 e. The first-order valence-electron chi connectivity index (χ1n) is 4.84. The second-order valence-electron chi connectivity index (χ2n) is 3.59. The SMILES string of the molecule is Oc1cccc(-c2cc(F)c(O)c(O)c2F)c1O. The zero-order chi connectivity index (χ0) is 13.4. The average molecular weight is 254 g/mol. The van der Waals surface area contributed by atoms with E-state index < -0.39 is 40.2 Å². The van der Waals surface area contributed by atoms with Gasteiger partial charge in [0.2, 0.25) is 0 Å². The van der Waals surface area contributed by atoms with Crippen molar-refractivity contribution in [3.8, 4) is 34.1 Å². The van der Waals surface area contributed by atoms with Gasteiger partial charge < -0.3 is 20.4 Å². The fraction of sp³-hybridized carbons (Fsp3) is 0. The number of halogens is 2. The Labute approximate surface area is 100.0 Å². The lowest BCUT2D eigenvalue weighted by atomic mass is 10.0. The molecule has 6 heteroatoms. The van der Waals surface area contributed by atoms with Crippen LogP contribution in [0.25, 0.3) is 11.1 Å². The summed E-state index contributed by atoms with van der Waals surface area (Å²) in [5.74, 6) is -6.18. The van der Waals surface area contributed by atoms with Gasteiger partial charge in [0.1, 0.15) is 0 Å². The smallest absolute Gasteiger partial charge is 0.197 e. The van der Waals surface area contributed by atoms with Crippen LogP contribution in [0.5, 0.6) is 23.0 Å². The van der Waals surface area contributed by atoms with E-state index in [9.17, 15) is 24.1 Å². The highest BCUT2D eigenvalue weighted by molar-refractivity contribution is 5.75. The van der Waals surface area contributed by atoms with Gasteiger partial charge >= 0.3 is 0 Å². The highest BCUT2D eigenvalue weighted by Crippen LogP contribution is 2.42. The van der Waals surface area contributed by atoms with E-state index in [1.165, 1.54) is 12.1 Å². The van der Waals surface area contributed by atoms with Crippen LogP contribution in [0.4, 0.5) is 8.78 Å². The Balaban J connectivity index is 2.76. The van der Waals surface area contributed by atoms with E-state index in [1.807, 2.05) is 0 Å². The third kappa shape index (κ3) is 1.67. The number of benzene rings is 2. The lowest BCUT2D eigenvalue weighted by molar-refractivity contribution is 0.359. The second-order valence-corrected chi connectivity index (χ2v) is 3.59. The third-order valence-electron chi connectivity index (χ3n) is 2.47. The van der Waals surface area contributed by atoms with E-state index in [1.54, 1.807) is 0 Å². The van der Waals surface area contributed by atoms with Gasteiger partial charge in [-0.2, -0.15) is 0 Å². The van der Waals surface area contributed by atoms with Gasteiger partial charge in [-0.25, -0.2) is 8.78 Å². The number of para-hydroxylation sites is 1. The lowest BCUT2D eigenvalue weighted by Gasteiger charge is -2.09. The van der Waals surface area contributed by atoms with Gasteiger partial charge in [0.15, 0.2) is 34.6 Å². The van der Waals surface area contributed by atoms with Crippen LogP contribution >= 0.6 is 0 Å². The maximum Gasteiger partial charge on any atom is 0.197 e. The molecular formula is C12H8F2O4. The second kappa shape index (κ2) is 4.06. The zero-order valence-corrected chi connectivity index (χ0v) is 8.85. The van der Waals surface area contributed by atoms with E-state index in [0.29, 0.717) is 6.07 Å². The molecule has 0 bridgehead atoms. The topological polar surface area (TPSA) is 80.9 Å². The van der Waals surface area contributed by atoms with Crippen molar-refractivity contribution < 1.29 is 29.2 Å². The average Bonchev–Trinajstić information content (AvgIpc) is 2.35. The third-order valence-corrected chi connectivity index (χ3v) is 2.47. The van der Waals surface area contributed by atoms with Crippen LogP contribution in [0.1, 0.15) is 0 Å². The minimum Gasteiger partial charge on any atom is -0.504 e. The first-order valence-corrected chi connectivity index (χ1v) is 4.84. The normalized spacial score (nSPS) is 10.6. The molecule has 0 aliphatic heterocycles. The van der Waals surface area contributed by atoms with E-state index >= 15 is 0 Å². The minimum atomic E-state index is -1.30. The Hall–Kier alpha value is -2.50. The molecule has 0 amide bonds. The van der Waals surface area contributed by atoms with Crippen molar-refractivity contribution in [2.75, 3.05) is 0 Å². The highest BCUT2D eigenvalue weighted by Gasteiger charge is 2.21. The molecule has 4 N–H and O–H groups in total. The molecule has 0 aromatic heterocycles.